The van der Waals surface area contributed by atoms with Crippen LogP contribution in [0.2, 0.25) is 0 Å². The van der Waals surface area contributed by atoms with Crippen molar-refractivity contribution >= 4 is 0 Å². The minimum atomic E-state index is 0. The standard InChI is InChI=1S/3CO.Mo/c3*1-2;. The first kappa shape index (κ1) is 28.5. The van der Waals surface area contributed by atoms with Crippen LogP contribution < -0.4 is 0 Å². The van der Waals surface area contributed by atoms with Gasteiger partial charge in [-0.2, -0.15) is 0 Å². The van der Waals surface area contributed by atoms with E-state index in [4.69, 9.17) is 14.0 Å². The van der Waals surface area contributed by atoms with E-state index in [1.807, 2.05) is 0 Å². The fourth-order valence-corrected chi connectivity index (χ4v) is 0. The normalized spacial score (nSPS) is 0.857. The average molecular weight is 180 g/mol. The average Bonchev–Trinajstić information content (AvgIpc) is 1.81. The van der Waals surface area contributed by atoms with Gasteiger partial charge >= 0.3 is 33.9 Å². The molecule has 0 rings (SSSR count). The van der Waals surface area contributed by atoms with Crippen molar-refractivity contribution in [2.45, 2.75) is 0 Å². The Kier molecular flexibility index (Phi) is 69000. The fraction of sp³-hybridized carbons (Fsp3) is 0. The maximum atomic E-state index is 7.50. The summed E-state index contributed by atoms with van der Waals surface area (Å²) in [5.41, 5.74) is 0. The Morgan fingerprint density at radius 2 is 0.571 bits per heavy atom. The molecule has 0 aliphatic rings. The van der Waals surface area contributed by atoms with Crippen molar-refractivity contribution in [1.29, 1.82) is 0 Å². The van der Waals surface area contributed by atoms with Crippen LogP contribution in [0, 0.1) is 20.0 Å². The number of hydrogen-bond acceptors (Lipinski definition) is 0. The molecular formula is C3MoO3. The van der Waals surface area contributed by atoms with Gasteiger partial charge in [0, 0.05) is 21.1 Å². The van der Waals surface area contributed by atoms with Crippen molar-refractivity contribution in [3.8, 4) is 0 Å². The first-order valence-corrected chi connectivity index (χ1v) is 0.612. The second-order valence-corrected chi connectivity index (χ2v) is 0. The largest absolute Gasteiger partial charge is 0 e. The first-order chi connectivity index (χ1) is 3.00. The summed E-state index contributed by atoms with van der Waals surface area (Å²) in [6.45, 7) is 13.5. The van der Waals surface area contributed by atoms with Crippen LogP contribution in [0.15, 0.2) is 0 Å². The minimum absolute atomic E-state index is 0. The predicted molar refractivity (Wildman–Crippen MR) is 11.8 cm³/mol. The van der Waals surface area contributed by atoms with Crippen molar-refractivity contribution in [2.75, 3.05) is 0 Å². The molecule has 0 aromatic carbocycles. The summed E-state index contributed by atoms with van der Waals surface area (Å²) in [7, 11) is 0. The van der Waals surface area contributed by atoms with Crippen molar-refractivity contribution in [1.82, 2.24) is 0 Å². The Balaban J connectivity index is -0.00000000900. The summed E-state index contributed by atoms with van der Waals surface area (Å²) in [5.74, 6) is 0. The number of hydrogen-bond donors (Lipinski definition) is 0. The third-order valence-electron chi connectivity index (χ3n) is 0. The molecule has 0 atom stereocenters. The van der Waals surface area contributed by atoms with Gasteiger partial charge in [0.05, 0.1) is 0 Å². The molecule has 0 radical (unpaired) electrons. The van der Waals surface area contributed by atoms with Gasteiger partial charge in [-0.3, -0.25) is 0 Å². The van der Waals surface area contributed by atoms with Gasteiger partial charge in [-0.05, 0) is 0 Å². The van der Waals surface area contributed by atoms with E-state index < -0.39 is 0 Å². The molecule has 0 aliphatic heterocycles. The van der Waals surface area contributed by atoms with Crippen molar-refractivity contribution < 1.29 is 35.0 Å². The molecule has 0 heterocycles. The molecule has 0 saturated carbocycles. The van der Waals surface area contributed by atoms with Crippen LogP contribution in [-0.2, 0) is 35.0 Å². The molecule has 0 fully saturated rings. The minimum Gasteiger partial charge on any atom is 0 e. The second kappa shape index (κ2) is 16900. The van der Waals surface area contributed by atoms with E-state index in [-0.39, 0.29) is 21.1 Å². The zero-order valence-corrected chi connectivity index (χ0v) is 5.14. The van der Waals surface area contributed by atoms with Crippen molar-refractivity contribution in [3.63, 3.8) is 0 Å². The quantitative estimate of drug-likeness (QED) is 0.283. The third-order valence-corrected chi connectivity index (χ3v) is 0. The Labute approximate surface area is 55.5 Å². The predicted octanol–water partition coefficient (Wildman–Crippen LogP) is -0.115. The van der Waals surface area contributed by atoms with Crippen LogP contribution in [0.25, 0.3) is 0 Å². The molecule has 0 aliphatic carbocycles. The van der Waals surface area contributed by atoms with Crippen LogP contribution in [0.5, 0.6) is 0 Å². The summed E-state index contributed by atoms with van der Waals surface area (Å²) in [6.07, 6.45) is 0. The molecular weight excluding hydrogens is 180 g/mol. The molecule has 0 aromatic heterocycles. The van der Waals surface area contributed by atoms with Gasteiger partial charge in [0.15, 0.2) is 0 Å². The fourth-order valence-electron chi connectivity index (χ4n) is 0. The zero-order valence-electron chi connectivity index (χ0n) is 3.13. The van der Waals surface area contributed by atoms with E-state index in [1.54, 1.807) is 0 Å². The molecule has 0 saturated heterocycles. The van der Waals surface area contributed by atoms with Gasteiger partial charge in [0.1, 0.15) is 0 Å². The number of rotatable bonds is 0. The monoisotopic (exact) mass is 182 g/mol. The Hall–Kier alpha value is -0.0917. The van der Waals surface area contributed by atoms with E-state index in [0.29, 0.717) is 0 Å². The van der Waals surface area contributed by atoms with Gasteiger partial charge in [0.2, 0.25) is 0 Å². The zero-order chi connectivity index (χ0) is 6.00. The smallest absolute Gasteiger partial charge is 0 e. The van der Waals surface area contributed by atoms with E-state index in [0.717, 1.165) is 0 Å². The Bertz CT molecular complexity index is 38.7. The molecule has 4 heteroatoms. The van der Waals surface area contributed by atoms with Gasteiger partial charge in [-0.15, -0.1) is 0 Å². The molecule has 7 heavy (non-hydrogen) atoms. The summed E-state index contributed by atoms with van der Waals surface area (Å²) in [5, 5.41) is 0. The molecule has 0 bridgehead atoms. The van der Waals surface area contributed by atoms with Crippen LogP contribution >= 0.6 is 0 Å². The maximum absolute atomic E-state index is 7.50. The van der Waals surface area contributed by atoms with E-state index in [1.165, 1.54) is 0 Å². The molecule has 0 N–H and O–H groups in total. The van der Waals surface area contributed by atoms with Crippen LogP contribution in [0.4, 0.5) is 0 Å². The molecule has 3 nitrogen and oxygen atoms in total. The van der Waals surface area contributed by atoms with Crippen LogP contribution in [0.3, 0.4) is 0 Å². The molecule has 0 spiro atoms. The van der Waals surface area contributed by atoms with E-state index >= 15 is 0 Å². The second-order valence-electron chi connectivity index (χ2n) is 0. The van der Waals surface area contributed by atoms with Gasteiger partial charge in [0.25, 0.3) is 0 Å². The van der Waals surface area contributed by atoms with Crippen LogP contribution in [-0.4, -0.2) is 0 Å². The van der Waals surface area contributed by atoms with Gasteiger partial charge in [-0.1, -0.05) is 0 Å². The molecule has 0 amide bonds. The van der Waals surface area contributed by atoms with Gasteiger partial charge in [-0.25, -0.2) is 0 Å². The van der Waals surface area contributed by atoms with E-state index in [2.05, 4.69) is 20.0 Å². The Morgan fingerprint density at radius 1 is 0.571 bits per heavy atom. The van der Waals surface area contributed by atoms with Crippen molar-refractivity contribution in [3.05, 3.63) is 20.0 Å². The SMILES string of the molecule is [C-]#[O+].[C-]#[O+].[C-]#[O+].[Mo]. The van der Waals surface area contributed by atoms with Crippen molar-refractivity contribution in [2.24, 2.45) is 0 Å². The summed E-state index contributed by atoms with van der Waals surface area (Å²) >= 11 is 0. The topological polar surface area (TPSA) is 59.7 Å². The summed E-state index contributed by atoms with van der Waals surface area (Å²) in [6, 6.07) is 0. The molecule has 0 aromatic rings. The molecule has 0 unspecified atom stereocenters. The van der Waals surface area contributed by atoms with E-state index in [9.17, 15) is 0 Å². The molecule has 36 valence electrons. The summed E-state index contributed by atoms with van der Waals surface area (Å²) in [4.78, 5) is 0. The Morgan fingerprint density at radius 3 is 0.571 bits per heavy atom. The maximum Gasteiger partial charge on any atom is 0 e. The third kappa shape index (κ3) is 10700. The van der Waals surface area contributed by atoms with Gasteiger partial charge < -0.3 is 0 Å². The van der Waals surface area contributed by atoms with Crippen LogP contribution in [0.1, 0.15) is 0 Å². The first-order valence-electron chi connectivity index (χ1n) is 0.612. The summed E-state index contributed by atoms with van der Waals surface area (Å²) < 4.78 is 22.5.